The van der Waals surface area contributed by atoms with Crippen LogP contribution in [0.5, 0.6) is 5.75 Å². The smallest absolute Gasteiger partial charge is 0.255 e. The predicted molar refractivity (Wildman–Crippen MR) is 122 cm³/mol. The lowest BCUT2D eigenvalue weighted by atomic mass is 9.58. The number of hydrogen-bond acceptors (Lipinski definition) is 9. The van der Waals surface area contributed by atoms with Gasteiger partial charge < -0.3 is 26.0 Å². The standard InChI is InChI=1S/C24H27N3O7/c1-27(2)7-3-4-11-5-6-15(28)18-14(11)9-12-8-13-10-16(29)19(23(25)33)22(32)24(13,26-34)21(31)17(12)20(18)30/h5-6,12-13,28,30,32H,3-4,7-10H2,1-2H3,(H2,25,33)/t12-,13+,24+/m1/s1. The maximum absolute atomic E-state index is 13.6. The topological polar surface area (TPSA) is 171 Å². The summed E-state index contributed by atoms with van der Waals surface area (Å²) in [4.78, 5) is 52.0. The molecule has 0 unspecified atom stereocenters. The molecule has 4 rings (SSSR count). The minimum Gasteiger partial charge on any atom is -0.508 e. The number of carbonyl (C=O) groups is 3. The fraction of sp³-hybridized carbons (Fsp3) is 0.458. The molecule has 1 amide bonds. The number of aliphatic hydroxyl groups is 2. The van der Waals surface area contributed by atoms with Gasteiger partial charge in [-0.15, -0.1) is 4.91 Å². The molecule has 3 atom stereocenters. The third-order valence-electron chi connectivity index (χ3n) is 7.24. The average Bonchev–Trinajstić information content (AvgIpc) is 2.74. The van der Waals surface area contributed by atoms with E-state index in [1.165, 1.54) is 6.07 Å². The molecule has 0 heterocycles. The summed E-state index contributed by atoms with van der Waals surface area (Å²) in [5, 5.41) is 35.3. The maximum Gasteiger partial charge on any atom is 0.255 e. The minimum absolute atomic E-state index is 0.102. The maximum atomic E-state index is 13.6. The van der Waals surface area contributed by atoms with Crippen molar-refractivity contribution in [1.82, 2.24) is 4.90 Å². The summed E-state index contributed by atoms with van der Waals surface area (Å²) in [6, 6.07) is 3.24. The van der Waals surface area contributed by atoms with Crippen LogP contribution in [0.15, 0.2) is 34.2 Å². The van der Waals surface area contributed by atoms with Crippen LogP contribution < -0.4 is 5.73 Å². The zero-order valence-electron chi connectivity index (χ0n) is 19.0. The second kappa shape index (κ2) is 8.35. The number of aryl methyl sites for hydroxylation is 1. The van der Waals surface area contributed by atoms with Crippen LogP contribution in [0.3, 0.4) is 0 Å². The minimum atomic E-state index is -2.42. The molecular weight excluding hydrogens is 442 g/mol. The van der Waals surface area contributed by atoms with E-state index in [0.717, 1.165) is 18.5 Å². The fourth-order valence-corrected chi connectivity index (χ4v) is 5.66. The number of phenolic OH excluding ortho intramolecular Hbond substituents is 1. The first-order valence-electron chi connectivity index (χ1n) is 11.1. The summed E-state index contributed by atoms with van der Waals surface area (Å²) in [6.07, 6.45) is 1.59. The van der Waals surface area contributed by atoms with E-state index in [1.807, 2.05) is 14.1 Å². The van der Waals surface area contributed by atoms with Crippen molar-refractivity contribution in [3.63, 3.8) is 0 Å². The van der Waals surface area contributed by atoms with Gasteiger partial charge in [0.25, 0.3) is 5.91 Å². The number of nitrogens with two attached hydrogens (primary N) is 1. The van der Waals surface area contributed by atoms with Gasteiger partial charge in [0, 0.05) is 17.9 Å². The lowest BCUT2D eigenvalue weighted by Gasteiger charge is -2.45. The number of fused-ring (bicyclic) bond motifs is 3. The van der Waals surface area contributed by atoms with Crippen molar-refractivity contribution in [2.24, 2.45) is 22.7 Å². The normalized spacial score (nSPS) is 26.3. The van der Waals surface area contributed by atoms with Gasteiger partial charge in [-0.1, -0.05) is 6.07 Å². The molecule has 3 aliphatic rings. The predicted octanol–water partition coefficient (Wildman–Crippen LogP) is 1.69. The quantitative estimate of drug-likeness (QED) is 0.360. The number of aliphatic hydroxyl groups excluding tert-OH is 2. The summed E-state index contributed by atoms with van der Waals surface area (Å²) in [5.41, 5.74) is 3.59. The monoisotopic (exact) mass is 469 g/mol. The van der Waals surface area contributed by atoms with Crippen molar-refractivity contribution in [2.45, 2.75) is 37.6 Å². The molecule has 0 saturated heterocycles. The highest BCUT2D eigenvalue weighted by Gasteiger charge is 2.63. The number of hydrogen-bond donors (Lipinski definition) is 4. The van der Waals surface area contributed by atoms with Gasteiger partial charge in [0.2, 0.25) is 11.3 Å². The van der Waals surface area contributed by atoms with Crippen LogP contribution in [-0.4, -0.2) is 63.9 Å². The summed E-state index contributed by atoms with van der Waals surface area (Å²) < 4.78 is 0. The molecule has 0 aromatic heterocycles. The third-order valence-corrected chi connectivity index (χ3v) is 7.24. The molecule has 1 aromatic carbocycles. The molecule has 3 aliphatic carbocycles. The highest BCUT2D eigenvalue weighted by Crippen LogP contribution is 2.53. The number of nitrogens with zero attached hydrogens (tertiary/aromatic N) is 2. The summed E-state index contributed by atoms with van der Waals surface area (Å²) >= 11 is 0. The Morgan fingerprint density at radius 1 is 1.21 bits per heavy atom. The average molecular weight is 469 g/mol. The van der Waals surface area contributed by atoms with Crippen molar-refractivity contribution in [2.75, 3.05) is 20.6 Å². The summed E-state index contributed by atoms with van der Waals surface area (Å²) in [7, 11) is 3.93. The van der Waals surface area contributed by atoms with E-state index in [1.54, 1.807) is 6.07 Å². The lowest BCUT2D eigenvalue weighted by Crippen LogP contribution is -2.57. The Bertz CT molecular complexity index is 1180. The Labute approximate surface area is 195 Å². The van der Waals surface area contributed by atoms with Crippen LogP contribution in [-0.2, 0) is 27.2 Å². The van der Waals surface area contributed by atoms with Gasteiger partial charge in [-0.3, -0.25) is 14.4 Å². The summed E-state index contributed by atoms with van der Waals surface area (Å²) in [5.74, 6) is -6.27. The summed E-state index contributed by atoms with van der Waals surface area (Å²) in [6.45, 7) is 0.843. The van der Waals surface area contributed by atoms with E-state index in [-0.39, 0.29) is 29.7 Å². The van der Waals surface area contributed by atoms with Crippen LogP contribution in [0.1, 0.15) is 36.0 Å². The molecule has 1 saturated carbocycles. The Hall–Kier alpha value is -3.53. The first-order valence-corrected chi connectivity index (χ1v) is 11.1. The molecule has 34 heavy (non-hydrogen) atoms. The highest BCUT2D eigenvalue weighted by molar-refractivity contribution is 6.23. The van der Waals surface area contributed by atoms with Gasteiger partial charge in [0.15, 0.2) is 5.78 Å². The van der Waals surface area contributed by atoms with E-state index in [0.29, 0.717) is 18.4 Å². The highest BCUT2D eigenvalue weighted by atomic mass is 16.3. The number of ketones is 2. The zero-order valence-corrected chi connectivity index (χ0v) is 19.0. The van der Waals surface area contributed by atoms with E-state index < -0.39 is 51.9 Å². The Morgan fingerprint density at radius 2 is 1.91 bits per heavy atom. The van der Waals surface area contributed by atoms with Crippen molar-refractivity contribution in [3.8, 4) is 5.75 Å². The van der Waals surface area contributed by atoms with E-state index in [4.69, 9.17) is 5.73 Å². The molecule has 0 radical (unpaired) electrons. The number of Topliss-reactive ketones (excluding diaryl/α,β-unsaturated/α-hetero) is 2. The van der Waals surface area contributed by atoms with Gasteiger partial charge in [-0.05, 0) is 74.6 Å². The van der Waals surface area contributed by atoms with E-state index >= 15 is 0 Å². The van der Waals surface area contributed by atoms with Gasteiger partial charge >= 0.3 is 0 Å². The Balaban J connectivity index is 1.86. The van der Waals surface area contributed by atoms with Crippen molar-refractivity contribution in [3.05, 3.63) is 50.6 Å². The molecule has 0 spiro atoms. The Kier molecular flexibility index (Phi) is 5.80. The van der Waals surface area contributed by atoms with Gasteiger partial charge in [0.05, 0.1) is 5.56 Å². The Morgan fingerprint density at radius 3 is 2.53 bits per heavy atom. The molecule has 180 valence electrons. The molecule has 1 fully saturated rings. The van der Waals surface area contributed by atoms with Crippen molar-refractivity contribution >= 4 is 23.2 Å². The van der Waals surface area contributed by atoms with Gasteiger partial charge in [-0.2, -0.15) is 0 Å². The number of amides is 1. The van der Waals surface area contributed by atoms with E-state index in [9.17, 15) is 34.6 Å². The van der Waals surface area contributed by atoms with Crippen LogP contribution in [0.2, 0.25) is 0 Å². The number of primary amides is 1. The second-order valence-electron chi connectivity index (χ2n) is 9.50. The number of aromatic hydroxyl groups is 1. The zero-order chi connectivity index (χ0) is 24.9. The van der Waals surface area contributed by atoms with Crippen molar-refractivity contribution in [1.29, 1.82) is 0 Å². The van der Waals surface area contributed by atoms with Gasteiger partial charge in [0.1, 0.15) is 22.8 Å². The van der Waals surface area contributed by atoms with Crippen molar-refractivity contribution < 1.29 is 29.7 Å². The number of nitroso groups, excluding NO2 is 1. The van der Waals surface area contributed by atoms with Crippen LogP contribution in [0.4, 0.5) is 0 Å². The number of rotatable bonds is 6. The third kappa shape index (κ3) is 3.32. The van der Waals surface area contributed by atoms with Crippen LogP contribution in [0, 0.1) is 16.7 Å². The molecule has 0 aliphatic heterocycles. The van der Waals surface area contributed by atoms with Gasteiger partial charge in [-0.25, -0.2) is 0 Å². The fourth-order valence-electron chi connectivity index (χ4n) is 5.66. The van der Waals surface area contributed by atoms with E-state index in [2.05, 4.69) is 10.1 Å². The molecular formula is C24H27N3O7. The molecule has 0 bridgehead atoms. The largest absolute Gasteiger partial charge is 0.508 e. The number of phenols is 1. The molecule has 1 aromatic rings. The first-order chi connectivity index (χ1) is 16.0. The number of carbonyl (C=O) groups excluding carboxylic acids is 3. The SMILES string of the molecule is CN(C)CCCc1ccc(O)c2c1C[C@H]1C[C@H]3CC(=O)C(C(N)=O)=C(O)[C@@]3(N=O)C(=O)C1=C2O. The first kappa shape index (κ1) is 23.6. The lowest BCUT2D eigenvalue weighted by molar-refractivity contribution is -0.129. The molecule has 10 nitrogen and oxygen atoms in total. The number of benzene rings is 1. The second-order valence-corrected chi connectivity index (χ2v) is 9.50. The molecule has 10 heteroatoms. The van der Waals surface area contributed by atoms with Crippen LogP contribution >= 0.6 is 0 Å². The molecule has 5 N–H and O–H groups in total. The van der Waals surface area contributed by atoms with Crippen LogP contribution in [0.25, 0.3) is 5.76 Å².